The first kappa shape index (κ1) is 43.8. The van der Waals surface area contributed by atoms with Crippen LogP contribution in [0.3, 0.4) is 0 Å². The van der Waals surface area contributed by atoms with Gasteiger partial charge in [0.15, 0.2) is 0 Å². The van der Waals surface area contributed by atoms with E-state index in [9.17, 15) is 0 Å². The first-order valence-electron chi connectivity index (χ1n) is 21.9. The first-order valence-corrected chi connectivity index (χ1v) is 21.9. The molecule has 1 unspecified atom stereocenters. The molecule has 0 amide bonds. The van der Waals surface area contributed by atoms with Crippen molar-refractivity contribution in [2.45, 2.75) is 72.6 Å². The molecular formula is C56H62N4O. The summed E-state index contributed by atoms with van der Waals surface area (Å²) in [5.74, 6) is 0.433. The van der Waals surface area contributed by atoms with Gasteiger partial charge in [-0.15, -0.1) is 0 Å². The monoisotopic (exact) mass is 806 g/mol. The quantitative estimate of drug-likeness (QED) is 0.174. The number of nitrogens with two attached hydrogens (primary N) is 2. The highest BCUT2D eigenvalue weighted by molar-refractivity contribution is 6.15. The largest absolute Gasteiger partial charge is 0.455 e. The number of nitrogen functional groups attached to an aromatic ring is 2. The Kier molecular flexibility index (Phi) is 15.1. The molecule has 0 bridgehead atoms. The van der Waals surface area contributed by atoms with Gasteiger partial charge in [0.2, 0.25) is 0 Å². The van der Waals surface area contributed by atoms with Crippen molar-refractivity contribution in [3.8, 4) is 5.69 Å². The number of hydrogen-bond donors (Lipinski definition) is 2. The third kappa shape index (κ3) is 9.85. The third-order valence-corrected chi connectivity index (χ3v) is 11.1. The van der Waals surface area contributed by atoms with Gasteiger partial charge in [0, 0.05) is 46.2 Å². The average molecular weight is 807 g/mol. The lowest BCUT2D eigenvalue weighted by molar-refractivity contribution is 0.569. The summed E-state index contributed by atoms with van der Waals surface area (Å²) in [4.78, 5) is 2.32. The minimum atomic E-state index is 0.433. The maximum Gasteiger partial charge on any atom is 0.145 e. The molecule has 1 aliphatic heterocycles. The lowest BCUT2D eigenvalue weighted by atomic mass is 9.90. The summed E-state index contributed by atoms with van der Waals surface area (Å²) in [6, 6.07) is 41.3. The number of fused-ring (bicyclic) bond motifs is 7. The number of benzene rings is 5. The molecule has 3 heterocycles. The van der Waals surface area contributed by atoms with E-state index in [1.807, 2.05) is 82.3 Å². The van der Waals surface area contributed by atoms with Gasteiger partial charge in [-0.05, 0) is 97.7 Å². The van der Waals surface area contributed by atoms with E-state index in [2.05, 4.69) is 127 Å². The Hall–Kier alpha value is -6.72. The second-order valence-corrected chi connectivity index (χ2v) is 15.1. The van der Waals surface area contributed by atoms with Crippen molar-refractivity contribution in [1.82, 2.24) is 9.47 Å². The molecule has 7 aromatic rings. The Bertz CT molecular complexity index is 2800. The maximum atomic E-state index is 6.64. The van der Waals surface area contributed by atoms with E-state index in [0.717, 1.165) is 81.1 Å². The second kappa shape index (κ2) is 21.0. The summed E-state index contributed by atoms with van der Waals surface area (Å²) >= 11 is 0. The van der Waals surface area contributed by atoms with Gasteiger partial charge in [0.25, 0.3) is 0 Å². The highest BCUT2D eigenvalue weighted by atomic mass is 16.3. The van der Waals surface area contributed by atoms with Crippen molar-refractivity contribution in [2.24, 2.45) is 0 Å². The minimum Gasteiger partial charge on any atom is -0.455 e. The zero-order valence-corrected chi connectivity index (χ0v) is 36.9. The van der Waals surface area contributed by atoms with E-state index in [0.29, 0.717) is 17.3 Å². The maximum absolute atomic E-state index is 6.64. The topological polar surface area (TPSA) is 73.3 Å². The predicted octanol–water partition coefficient (Wildman–Crippen LogP) is 13.5. The molecule has 10 rings (SSSR count). The van der Waals surface area contributed by atoms with Crippen LogP contribution in [0.25, 0.3) is 50.8 Å². The fourth-order valence-electron chi connectivity index (χ4n) is 8.18. The van der Waals surface area contributed by atoms with Gasteiger partial charge in [-0.25, -0.2) is 0 Å². The van der Waals surface area contributed by atoms with Gasteiger partial charge in [0.05, 0.1) is 27.6 Å². The molecule has 0 saturated heterocycles. The number of hydrogen-bond acceptors (Lipinski definition) is 4. The fourth-order valence-corrected chi connectivity index (χ4v) is 8.18. The number of allylic oxidation sites excluding steroid dienone is 9. The molecule has 5 heteroatoms. The Morgan fingerprint density at radius 2 is 1.41 bits per heavy atom. The van der Waals surface area contributed by atoms with Gasteiger partial charge in [0.1, 0.15) is 11.2 Å². The average Bonchev–Trinajstić information content (AvgIpc) is 3.84. The number of anilines is 2. The summed E-state index contributed by atoms with van der Waals surface area (Å²) in [5, 5.41) is 5.73. The van der Waals surface area contributed by atoms with E-state index in [4.69, 9.17) is 15.9 Å². The van der Waals surface area contributed by atoms with E-state index < -0.39 is 0 Å². The lowest BCUT2D eigenvalue weighted by Crippen LogP contribution is -2.33. The minimum absolute atomic E-state index is 0.433. The van der Waals surface area contributed by atoms with E-state index >= 15 is 0 Å². The van der Waals surface area contributed by atoms with E-state index in [-0.39, 0.29) is 0 Å². The molecule has 312 valence electrons. The molecule has 0 radical (unpaired) electrons. The number of para-hydroxylation sites is 3. The van der Waals surface area contributed by atoms with Gasteiger partial charge < -0.3 is 25.4 Å². The van der Waals surface area contributed by atoms with Crippen molar-refractivity contribution >= 4 is 56.5 Å². The van der Waals surface area contributed by atoms with Gasteiger partial charge in [-0.3, -0.25) is 0 Å². The number of furan rings is 1. The molecule has 5 aromatic carbocycles. The predicted molar refractivity (Wildman–Crippen MR) is 265 cm³/mol. The van der Waals surface area contributed by atoms with Crippen LogP contribution < -0.4 is 22.0 Å². The lowest BCUT2D eigenvalue weighted by Gasteiger charge is -2.25. The van der Waals surface area contributed by atoms with Gasteiger partial charge >= 0.3 is 0 Å². The van der Waals surface area contributed by atoms with Crippen LogP contribution >= 0.6 is 0 Å². The Morgan fingerprint density at radius 1 is 0.738 bits per heavy atom. The molecule has 1 atom stereocenters. The smallest absolute Gasteiger partial charge is 0.145 e. The van der Waals surface area contributed by atoms with Crippen molar-refractivity contribution < 1.29 is 4.42 Å². The molecule has 5 nitrogen and oxygen atoms in total. The van der Waals surface area contributed by atoms with Crippen LogP contribution in [-0.4, -0.2) is 16.5 Å². The van der Waals surface area contributed by atoms with Crippen LogP contribution in [0, 0.1) is 0 Å². The van der Waals surface area contributed by atoms with Crippen LogP contribution in [-0.2, 0) is 0 Å². The second-order valence-electron chi connectivity index (χ2n) is 15.1. The van der Waals surface area contributed by atoms with Crippen molar-refractivity contribution in [3.05, 3.63) is 197 Å². The Morgan fingerprint density at radius 3 is 2.08 bits per heavy atom. The molecular weight excluding hydrogens is 745 g/mol. The van der Waals surface area contributed by atoms with Crippen molar-refractivity contribution in [1.29, 1.82) is 0 Å². The SMILES string of the molecule is C=C1/C=c2\c(n(-c3cccc(C(C)CC4=CC=CCC4)c3)c3ccc4c5ccccc5oc4c23)=C/N(C)C2=C1C=CCC2.CC.CC.Nc1ccccc1N.c1ccccc1. The van der Waals surface area contributed by atoms with Crippen LogP contribution in [0.5, 0.6) is 0 Å². The van der Waals surface area contributed by atoms with Crippen LogP contribution in [0.15, 0.2) is 185 Å². The zero-order chi connectivity index (χ0) is 43.3. The summed E-state index contributed by atoms with van der Waals surface area (Å²) < 4.78 is 9.07. The van der Waals surface area contributed by atoms with Crippen LogP contribution in [0.4, 0.5) is 11.4 Å². The first-order chi connectivity index (χ1) is 29.9. The molecule has 0 saturated carbocycles. The number of aromatic nitrogens is 1. The Labute approximate surface area is 362 Å². The molecule has 2 aliphatic carbocycles. The van der Waals surface area contributed by atoms with Gasteiger partial charge in [-0.1, -0.05) is 156 Å². The van der Waals surface area contributed by atoms with Crippen LogP contribution in [0.2, 0.25) is 0 Å². The summed E-state index contributed by atoms with van der Waals surface area (Å²) in [6.07, 6.45) is 21.3. The highest BCUT2D eigenvalue weighted by Gasteiger charge is 2.22. The molecule has 61 heavy (non-hydrogen) atoms. The van der Waals surface area contributed by atoms with E-state index in [1.165, 1.54) is 28.1 Å². The molecule has 3 aliphatic rings. The number of nitrogens with zero attached hydrogens (tertiary/aromatic N) is 2. The summed E-state index contributed by atoms with van der Waals surface area (Å²) in [7, 11) is 2.18. The third-order valence-electron chi connectivity index (χ3n) is 11.1. The summed E-state index contributed by atoms with van der Waals surface area (Å²) in [6.45, 7) is 14.9. The van der Waals surface area contributed by atoms with Crippen molar-refractivity contribution in [3.63, 3.8) is 0 Å². The molecule has 2 aromatic heterocycles. The normalized spacial score (nSPS) is 15.5. The number of rotatable bonds is 4. The van der Waals surface area contributed by atoms with Crippen LogP contribution in [0.1, 0.15) is 78.2 Å². The summed E-state index contributed by atoms with van der Waals surface area (Å²) in [5.41, 5.74) is 22.7. The van der Waals surface area contributed by atoms with Gasteiger partial charge in [-0.2, -0.15) is 0 Å². The highest BCUT2D eigenvalue weighted by Crippen LogP contribution is 2.35. The zero-order valence-electron chi connectivity index (χ0n) is 36.9. The fraction of sp³-hybridized carbons (Fsp3) is 0.214. The standard InChI is InChI=1S/C40H36N2O.C6H8N2.C6H6.2C2H6/c1-26(22-28-12-5-4-6-13-28)29-14-11-15-30(24-29)42-36-21-20-33-32-17-8-10-19-38(32)43-40(33)39(36)34-23-27(2)31-16-7-9-18-35(31)41(3)25-37(34)42;7-5-3-1-2-4-6(5)8;1-2-4-6-5-3-1;2*1-2/h4-5,7-8,10-12,14-17,19-21,23-26H,2,6,9,13,18,22H2,1,3H3;1-4H,7-8H2;1-6H;2*1-2H3/b34-23+,37-25+;;;;. The van der Waals surface area contributed by atoms with E-state index in [1.54, 1.807) is 12.1 Å². The molecule has 0 fully saturated rings. The molecule has 0 spiro atoms. The van der Waals surface area contributed by atoms with Crippen molar-refractivity contribution in [2.75, 3.05) is 18.5 Å². The Balaban J connectivity index is 0.000000290. The molecule has 4 N–H and O–H groups in total.